The molecule has 0 rings (SSSR count). The van der Waals surface area contributed by atoms with E-state index in [1.807, 2.05) is 6.08 Å². The van der Waals surface area contributed by atoms with Gasteiger partial charge < -0.3 is 10.2 Å². The number of carbonyl (C=O) groups is 1. The molecule has 0 radical (unpaired) electrons. The van der Waals surface area contributed by atoms with Crippen molar-refractivity contribution < 1.29 is 15.0 Å². The number of aliphatic hydroxyl groups is 1. The average molecular weight is 286 g/mol. The highest BCUT2D eigenvalue weighted by atomic mass is 16.4. The van der Waals surface area contributed by atoms with Gasteiger partial charge in [0.15, 0.2) is 0 Å². The molecule has 0 aliphatic rings. The van der Waals surface area contributed by atoms with Crippen molar-refractivity contribution in [1.82, 2.24) is 0 Å². The topological polar surface area (TPSA) is 57.5 Å². The maximum absolute atomic E-state index is 9.00. The second kappa shape index (κ2) is 18.0. The predicted molar refractivity (Wildman–Crippen MR) is 86.1 cm³/mol. The van der Waals surface area contributed by atoms with Gasteiger partial charge in [0.1, 0.15) is 0 Å². The summed E-state index contributed by atoms with van der Waals surface area (Å²) in [4.78, 5) is 9.00. The first-order valence-electron chi connectivity index (χ1n) is 8.03. The van der Waals surface area contributed by atoms with E-state index >= 15 is 0 Å². The van der Waals surface area contributed by atoms with Crippen LogP contribution in [0.4, 0.5) is 0 Å². The number of carboxylic acids is 1. The number of carboxylic acid groups (broad SMARTS) is 1. The Morgan fingerprint density at radius 3 is 2.05 bits per heavy atom. The molecule has 2 N–H and O–H groups in total. The number of hydrogen-bond acceptors (Lipinski definition) is 2. The lowest BCUT2D eigenvalue weighted by molar-refractivity contribution is -0.134. The lowest BCUT2D eigenvalue weighted by atomic mass is 9.96. The van der Waals surface area contributed by atoms with Crippen LogP contribution < -0.4 is 0 Å². The zero-order valence-electron chi connectivity index (χ0n) is 13.6. The van der Waals surface area contributed by atoms with Gasteiger partial charge >= 0.3 is 0 Å². The minimum absolute atomic E-state index is 0.833. The van der Waals surface area contributed by atoms with Gasteiger partial charge in [0.2, 0.25) is 0 Å². The monoisotopic (exact) mass is 286 g/mol. The second-order valence-electron chi connectivity index (χ2n) is 5.50. The summed E-state index contributed by atoms with van der Waals surface area (Å²) >= 11 is 0. The van der Waals surface area contributed by atoms with E-state index in [4.69, 9.17) is 15.0 Å². The van der Waals surface area contributed by atoms with Crippen LogP contribution in [-0.2, 0) is 4.79 Å². The number of allylic oxidation sites excluding steroid dienone is 1. The predicted octanol–water partition coefficient (Wildman–Crippen LogP) is 5.71. The summed E-state index contributed by atoms with van der Waals surface area (Å²) in [5, 5.41) is 15.9. The average Bonchev–Trinajstić information content (AvgIpc) is 2.37. The molecule has 1 unspecified atom stereocenters. The summed E-state index contributed by atoms with van der Waals surface area (Å²) in [6.07, 6.45) is 16.3. The molecule has 0 spiro atoms. The van der Waals surface area contributed by atoms with Gasteiger partial charge in [-0.25, -0.2) is 0 Å². The van der Waals surface area contributed by atoms with Crippen LogP contribution in [-0.4, -0.2) is 16.2 Å². The van der Waals surface area contributed by atoms with Crippen molar-refractivity contribution in [3.8, 4) is 0 Å². The molecule has 0 aromatic rings. The molecule has 0 aliphatic heterocycles. The Kier molecular flexibility index (Phi) is 19.2. The first-order valence-corrected chi connectivity index (χ1v) is 8.03. The Balaban J connectivity index is 0. The molecular formula is C17H34O3. The number of aliphatic hydroxyl groups excluding tert-OH is 1. The fraction of sp³-hybridized carbons (Fsp3) is 0.824. The van der Waals surface area contributed by atoms with Gasteiger partial charge in [0, 0.05) is 6.92 Å². The van der Waals surface area contributed by atoms with Crippen molar-refractivity contribution in [2.75, 3.05) is 0 Å². The zero-order valence-corrected chi connectivity index (χ0v) is 13.6. The number of unbranched alkanes of at least 4 members (excludes halogenated alkanes) is 6. The Bertz CT molecular complexity index is 220. The molecule has 3 nitrogen and oxygen atoms in total. The highest BCUT2D eigenvalue weighted by Gasteiger charge is 2.01. The molecule has 0 aromatic heterocycles. The smallest absolute Gasteiger partial charge is 0.300 e. The van der Waals surface area contributed by atoms with Crippen molar-refractivity contribution in [2.45, 2.75) is 85.0 Å². The van der Waals surface area contributed by atoms with Crippen LogP contribution in [0.25, 0.3) is 0 Å². The van der Waals surface area contributed by atoms with Crippen molar-refractivity contribution in [1.29, 1.82) is 0 Å². The molecule has 0 amide bonds. The molecule has 0 bridgehead atoms. The largest absolute Gasteiger partial charge is 0.516 e. The normalized spacial score (nSPS) is 11.9. The zero-order chi connectivity index (χ0) is 15.6. The van der Waals surface area contributed by atoms with Gasteiger partial charge in [-0.3, -0.25) is 4.79 Å². The molecule has 0 aromatic carbocycles. The van der Waals surface area contributed by atoms with Crippen molar-refractivity contribution >= 4 is 5.97 Å². The Morgan fingerprint density at radius 2 is 1.55 bits per heavy atom. The lowest BCUT2D eigenvalue weighted by Crippen LogP contribution is -1.94. The van der Waals surface area contributed by atoms with E-state index in [1.54, 1.807) is 0 Å². The van der Waals surface area contributed by atoms with E-state index < -0.39 is 5.97 Å². The van der Waals surface area contributed by atoms with Gasteiger partial charge in [-0.1, -0.05) is 71.3 Å². The summed E-state index contributed by atoms with van der Waals surface area (Å²) < 4.78 is 0. The van der Waals surface area contributed by atoms with E-state index in [0.29, 0.717) is 0 Å². The maximum Gasteiger partial charge on any atom is 0.300 e. The van der Waals surface area contributed by atoms with Crippen LogP contribution in [0.3, 0.4) is 0 Å². The summed E-state index contributed by atoms with van der Waals surface area (Å²) in [6, 6.07) is 0. The Morgan fingerprint density at radius 1 is 1.05 bits per heavy atom. The van der Waals surface area contributed by atoms with Crippen molar-refractivity contribution in [3.63, 3.8) is 0 Å². The third kappa shape index (κ3) is 25.8. The molecule has 0 heterocycles. The molecule has 120 valence electrons. The van der Waals surface area contributed by atoms with Gasteiger partial charge in [-0.2, -0.15) is 0 Å². The third-order valence-electron chi connectivity index (χ3n) is 3.22. The van der Waals surface area contributed by atoms with E-state index in [0.717, 1.165) is 25.5 Å². The molecule has 1 atom stereocenters. The van der Waals surface area contributed by atoms with Gasteiger partial charge in [0.05, 0.1) is 6.26 Å². The molecule has 0 fully saturated rings. The Labute approximate surface area is 125 Å². The van der Waals surface area contributed by atoms with E-state index in [2.05, 4.69) is 13.8 Å². The standard InChI is InChI=1S/C15H30O.C2H4O2/c1-3-4-5-6-9-12-15(2)13-10-7-8-11-14-16;1-2(3)4/h11,14-16H,3-10,12-13H2,1-2H3;1H3,(H,3,4)/b14-11-;. The molecule has 20 heavy (non-hydrogen) atoms. The first kappa shape index (κ1) is 21.3. The quantitative estimate of drug-likeness (QED) is 0.378. The molecule has 3 heteroatoms. The van der Waals surface area contributed by atoms with E-state index in [1.165, 1.54) is 57.8 Å². The van der Waals surface area contributed by atoms with Crippen LogP contribution in [0, 0.1) is 5.92 Å². The molecular weight excluding hydrogens is 252 g/mol. The van der Waals surface area contributed by atoms with Crippen LogP contribution in [0.2, 0.25) is 0 Å². The highest BCUT2D eigenvalue weighted by molar-refractivity contribution is 5.62. The number of hydrogen-bond donors (Lipinski definition) is 2. The molecule has 0 saturated carbocycles. The minimum Gasteiger partial charge on any atom is -0.516 e. The van der Waals surface area contributed by atoms with Crippen LogP contribution in [0.15, 0.2) is 12.3 Å². The molecule has 0 saturated heterocycles. The van der Waals surface area contributed by atoms with E-state index in [-0.39, 0.29) is 0 Å². The van der Waals surface area contributed by atoms with Crippen molar-refractivity contribution in [3.05, 3.63) is 12.3 Å². The van der Waals surface area contributed by atoms with E-state index in [9.17, 15) is 0 Å². The highest BCUT2D eigenvalue weighted by Crippen LogP contribution is 2.17. The van der Waals surface area contributed by atoms with Gasteiger partial charge in [-0.05, 0) is 18.8 Å². The fourth-order valence-electron chi connectivity index (χ4n) is 2.07. The van der Waals surface area contributed by atoms with Crippen molar-refractivity contribution in [2.24, 2.45) is 5.92 Å². The van der Waals surface area contributed by atoms with Crippen LogP contribution in [0.5, 0.6) is 0 Å². The summed E-state index contributed by atoms with van der Waals surface area (Å²) in [5.74, 6) is 0.0553. The SMILES string of the molecule is CC(=O)O.CCCCCCCC(C)CCCC/C=C\O. The number of aliphatic carboxylic acids is 1. The summed E-state index contributed by atoms with van der Waals surface area (Å²) in [7, 11) is 0. The molecule has 0 aliphatic carbocycles. The maximum atomic E-state index is 9.00. The third-order valence-corrected chi connectivity index (χ3v) is 3.22. The second-order valence-corrected chi connectivity index (χ2v) is 5.50. The lowest BCUT2D eigenvalue weighted by Gasteiger charge is -2.10. The fourth-order valence-corrected chi connectivity index (χ4v) is 2.07. The summed E-state index contributed by atoms with van der Waals surface area (Å²) in [5.41, 5.74) is 0. The summed E-state index contributed by atoms with van der Waals surface area (Å²) in [6.45, 7) is 5.73. The van der Waals surface area contributed by atoms with Crippen LogP contribution >= 0.6 is 0 Å². The van der Waals surface area contributed by atoms with Crippen LogP contribution in [0.1, 0.15) is 85.0 Å². The minimum atomic E-state index is -0.833. The van der Waals surface area contributed by atoms with Gasteiger partial charge in [0.25, 0.3) is 5.97 Å². The van der Waals surface area contributed by atoms with Gasteiger partial charge in [-0.15, -0.1) is 0 Å². The Hall–Kier alpha value is -0.990. The first-order chi connectivity index (χ1) is 9.54. The number of rotatable bonds is 11.